The lowest BCUT2D eigenvalue weighted by atomic mass is 10.0. The van der Waals surface area contributed by atoms with E-state index in [1.807, 2.05) is 6.92 Å². The van der Waals surface area contributed by atoms with Gasteiger partial charge in [-0.1, -0.05) is 5.57 Å². The Kier molecular flexibility index (Phi) is 3.97. The maximum absolute atomic E-state index is 5.92. The van der Waals surface area contributed by atoms with Gasteiger partial charge in [-0.15, -0.1) is 6.58 Å². The highest BCUT2D eigenvalue weighted by Crippen LogP contribution is 2.24. The average molecular weight is 225 g/mol. The third kappa shape index (κ3) is 2.63. The van der Waals surface area contributed by atoms with Gasteiger partial charge in [0.25, 0.3) is 0 Å². The molecule has 0 aromatic rings. The summed E-state index contributed by atoms with van der Waals surface area (Å²) in [5.41, 5.74) is 4.02. The molecule has 2 saturated heterocycles. The van der Waals surface area contributed by atoms with Gasteiger partial charge in [0.15, 0.2) is 0 Å². The van der Waals surface area contributed by atoms with E-state index >= 15 is 0 Å². The summed E-state index contributed by atoms with van der Waals surface area (Å²) >= 11 is 0. The topological polar surface area (TPSA) is 50.5 Å². The first-order valence-corrected chi connectivity index (χ1v) is 6.17. The van der Waals surface area contributed by atoms with Crippen LogP contribution in [0.4, 0.5) is 0 Å². The van der Waals surface area contributed by atoms with E-state index in [-0.39, 0.29) is 12.1 Å². The largest absolute Gasteiger partial charge is 0.374 e. The number of ether oxygens (including phenoxy) is 1. The molecule has 4 nitrogen and oxygen atoms in total. The predicted octanol–water partition coefficient (Wildman–Crippen LogP) is 0.648. The fourth-order valence-electron chi connectivity index (χ4n) is 2.76. The van der Waals surface area contributed by atoms with Crippen molar-refractivity contribution in [3.05, 3.63) is 12.2 Å². The highest BCUT2D eigenvalue weighted by Gasteiger charge is 2.35. The minimum absolute atomic E-state index is 0.194. The number of hydrazine groups is 1. The fourth-order valence-corrected chi connectivity index (χ4v) is 2.76. The van der Waals surface area contributed by atoms with Gasteiger partial charge in [-0.3, -0.25) is 16.2 Å². The Labute approximate surface area is 97.8 Å². The summed E-state index contributed by atoms with van der Waals surface area (Å²) in [7, 11) is 0. The maximum Gasteiger partial charge on any atom is 0.0872 e. The molecule has 0 aromatic heterocycles. The zero-order valence-corrected chi connectivity index (χ0v) is 10.1. The SMILES string of the molecule is C=C(C)CC(NN)C1CN2CCCC2CO1. The molecule has 0 saturated carbocycles. The highest BCUT2D eigenvalue weighted by atomic mass is 16.5. The number of nitrogens with one attached hydrogen (secondary N) is 1. The van der Waals surface area contributed by atoms with Crippen LogP contribution < -0.4 is 11.3 Å². The van der Waals surface area contributed by atoms with Crippen molar-refractivity contribution in [3.8, 4) is 0 Å². The Hall–Kier alpha value is -0.420. The normalized spacial score (nSPS) is 32.4. The molecule has 0 radical (unpaired) electrons. The van der Waals surface area contributed by atoms with Crippen molar-refractivity contribution in [3.63, 3.8) is 0 Å². The number of rotatable bonds is 4. The zero-order chi connectivity index (χ0) is 11.5. The number of hydrogen-bond acceptors (Lipinski definition) is 4. The van der Waals surface area contributed by atoms with Gasteiger partial charge in [-0.2, -0.15) is 0 Å². The van der Waals surface area contributed by atoms with E-state index in [1.54, 1.807) is 0 Å². The average Bonchev–Trinajstić information content (AvgIpc) is 2.72. The second-order valence-corrected chi connectivity index (χ2v) is 5.10. The summed E-state index contributed by atoms with van der Waals surface area (Å²) in [4.78, 5) is 2.54. The highest BCUT2D eigenvalue weighted by molar-refractivity contribution is 4.97. The number of fused-ring (bicyclic) bond motifs is 1. The van der Waals surface area contributed by atoms with Crippen molar-refractivity contribution < 1.29 is 4.74 Å². The molecule has 0 bridgehead atoms. The van der Waals surface area contributed by atoms with E-state index in [0.717, 1.165) is 25.1 Å². The van der Waals surface area contributed by atoms with Crippen LogP contribution in [0, 0.1) is 0 Å². The smallest absolute Gasteiger partial charge is 0.0872 e. The van der Waals surface area contributed by atoms with Crippen LogP contribution >= 0.6 is 0 Å². The number of morpholine rings is 1. The van der Waals surface area contributed by atoms with Crippen LogP contribution in [0.2, 0.25) is 0 Å². The van der Waals surface area contributed by atoms with Crippen molar-refractivity contribution in [2.45, 2.75) is 44.4 Å². The standard InChI is InChI=1S/C12H23N3O/c1-9(2)6-11(14-13)12-7-15-5-3-4-10(15)8-16-12/h10-12,14H,1,3-8,13H2,2H3. The number of nitrogens with zero attached hydrogens (tertiary/aromatic N) is 1. The first-order chi connectivity index (χ1) is 7.70. The first-order valence-electron chi connectivity index (χ1n) is 6.17. The summed E-state index contributed by atoms with van der Waals surface area (Å²) < 4.78 is 5.92. The predicted molar refractivity (Wildman–Crippen MR) is 64.9 cm³/mol. The molecule has 2 fully saturated rings. The third-order valence-corrected chi connectivity index (χ3v) is 3.65. The summed E-state index contributed by atoms with van der Waals surface area (Å²) in [5, 5.41) is 0. The van der Waals surface area contributed by atoms with Gasteiger partial charge in [0.1, 0.15) is 0 Å². The Bertz CT molecular complexity index is 257. The zero-order valence-electron chi connectivity index (χ0n) is 10.1. The van der Waals surface area contributed by atoms with Gasteiger partial charge in [0, 0.05) is 12.6 Å². The van der Waals surface area contributed by atoms with E-state index in [9.17, 15) is 0 Å². The molecule has 2 rings (SSSR count). The number of hydrogen-bond donors (Lipinski definition) is 2. The van der Waals surface area contributed by atoms with Crippen LogP contribution in [-0.4, -0.2) is 42.8 Å². The molecule has 0 spiro atoms. The van der Waals surface area contributed by atoms with E-state index in [4.69, 9.17) is 10.6 Å². The monoisotopic (exact) mass is 225 g/mol. The molecule has 16 heavy (non-hydrogen) atoms. The molecule has 2 aliphatic rings. The van der Waals surface area contributed by atoms with Crippen LogP contribution in [0.15, 0.2) is 12.2 Å². The van der Waals surface area contributed by atoms with Crippen LogP contribution in [0.1, 0.15) is 26.2 Å². The van der Waals surface area contributed by atoms with E-state index in [1.165, 1.54) is 19.4 Å². The van der Waals surface area contributed by atoms with E-state index in [0.29, 0.717) is 6.04 Å². The van der Waals surface area contributed by atoms with Crippen molar-refractivity contribution in [1.82, 2.24) is 10.3 Å². The molecular formula is C12H23N3O. The van der Waals surface area contributed by atoms with Crippen LogP contribution in [0.5, 0.6) is 0 Å². The molecule has 0 aromatic carbocycles. The Balaban J connectivity index is 1.91. The second kappa shape index (κ2) is 5.27. The maximum atomic E-state index is 5.92. The summed E-state index contributed by atoms with van der Waals surface area (Å²) in [5.74, 6) is 5.60. The van der Waals surface area contributed by atoms with Gasteiger partial charge in [-0.05, 0) is 32.7 Å². The lowest BCUT2D eigenvalue weighted by molar-refractivity contribution is -0.0644. The summed E-state index contributed by atoms with van der Waals surface area (Å²) in [6, 6.07) is 0.846. The van der Waals surface area contributed by atoms with Crippen molar-refractivity contribution in [2.75, 3.05) is 19.7 Å². The molecule has 3 atom stereocenters. The van der Waals surface area contributed by atoms with Crippen molar-refractivity contribution >= 4 is 0 Å². The molecule has 0 aliphatic carbocycles. The lowest BCUT2D eigenvalue weighted by Crippen LogP contribution is -2.55. The van der Waals surface area contributed by atoms with Gasteiger partial charge in [-0.25, -0.2) is 0 Å². The first kappa shape index (κ1) is 12.0. The third-order valence-electron chi connectivity index (χ3n) is 3.65. The molecule has 2 aliphatic heterocycles. The molecule has 4 heteroatoms. The van der Waals surface area contributed by atoms with Gasteiger partial charge >= 0.3 is 0 Å². The summed E-state index contributed by atoms with van der Waals surface area (Å²) in [6.07, 6.45) is 3.69. The van der Waals surface area contributed by atoms with Gasteiger partial charge in [0.2, 0.25) is 0 Å². The molecule has 3 N–H and O–H groups in total. The minimum atomic E-state index is 0.194. The molecular weight excluding hydrogens is 202 g/mol. The van der Waals surface area contributed by atoms with Gasteiger partial charge < -0.3 is 4.74 Å². The van der Waals surface area contributed by atoms with Crippen molar-refractivity contribution in [2.24, 2.45) is 5.84 Å². The second-order valence-electron chi connectivity index (χ2n) is 5.10. The molecule has 3 unspecified atom stereocenters. The lowest BCUT2D eigenvalue weighted by Gasteiger charge is -2.38. The molecule has 2 heterocycles. The Morgan fingerprint density at radius 1 is 1.69 bits per heavy atom. The Morgan fingerprint density at radius 2 is 2.50 bits per heavy atom. The Morgan fingerprint density at radius 3 is 3.19 bits per heavy atom. The van der Waals surface area contributed by atoms with E-state index < -0.39 is 0 Å². The fraction of sp³-hybridized carbons (Fsp3) is 0.833. The number of nitrogens with two attached hydrogens (primary N) is 1. The molecule has 0 amide bonds. The minimum Gasteiger partial charge on any atom is -0.374 e. The summed E-state index contributed by atoms with van der Waals surface area (Å²) in [6.45, 7) is 9.06. The van der Waals surface area contributed by atoms with Crippen molar-refractivity contribution in [1.29, 1.82) is 0 Å². The van der Waals surface area contributed by atoms with E-state index in [2.05, 4.69) is 16.9 Å². The van der Waals surface area contributed by atoms with Gasteiger partial charge in [0.05, 0.1) is 18.8 Å². The molecule has 92 valence electrons. The quantitative estimate of drug-likeness (QED) is 0.419. The van der Waals surface area contributed by atoms with Crippen LogP contribution in [0.3, 0.4) is 0 Å². The van der Waals surface area contributed by atoms with Crippen LogP contribution in [0.25, 0.3) is 0 Å². The van der Waals surface area contributed by atoms with Crippen LogP contribution in [-0.2, 0) is 4.74 Å².